The highest BCUT2D eigenvalue weighted by molar-refractivity contribution is 5.21. The van der Waals surface area contributed by atoms with E-state index in [1.54, 1.807) is 0 Å². The molecule has 1 aromatic rings. The van der Waals surface area contributed by atoms with Gasteiger partial charge in [0, 0.05) is 24.7 Å². The van der Waals surface area contributed by atoms with Gasteiger partial charge in [-0.1, -0.05) is 37.3 Å². The number of nitrogens with one attached hydrogen (secondary N) is 1. The molecule has 104 valence electrons. The molecule has 4 unspecified atom stereocenters. The van der Waals surface area contributed by atoms with E-state index < -0.39 is 0 Å². The third-order valence-electron chi connectivity index (χ3n) is 5.04. The number of hydrogen-bond acceptors (Lipinski definition) is 2. The molecule has 19 heavy (non-hydrogen) atoms. The Morgan fingerprint density at radius 3 is 2.63 bits per heavy atom. The predicted octanol–water partition coefficient (Wildman–Crippen LogP) is 3.21. The molecule has 1 saturated heterocycles. The van der Waals surface area contributed by atoms with E-state index in [2.05, 4.69) is 54.4 Å². The van der Waals surface area contributed by atoms with Gasteiger partial charge in [-0.2, -0.15) is 0 Å². The molecule has 2 heteroatoms. The van der Waals surface area contributed by atoms with Gasteiger partial charge in [-0.15, -0.1) is 0 Å². The fraction of sp³-hybridized carbons (Fsp3) is 0.647. The van der Waals surface area contributed by atoms with Crippen LogP contribution < -0.4 is 5.32 Å². The van der Waals surface area contributed by atoms with Crippen molar-refractivity contribution in [3.05, 3.63) is 35.9 Å². The van der Waals surface area contributed by atoms with Crippen LogP contribution in [0.1, 0.15) is 44.7 Å². The summed E-state index contributed by atoms with van der Waals surface area (Å²) in [5, 5.41) is 3.69. The maximum atomic E-state index is 3.69. The zero-order valence-electron chi connectivity index (χ0n) is 12.2. The van der Waals surface area contributed by atoms with Crippen LogP contribution >= 0.6 is 0 Å². The molecule has 4 atom stereocenters. The SMILES string of the molecule is CCNC(c1ccccc1)C(C)N1CC2CCC1C2. The van der Waals surface area contributed by atoms with E-state index in [0.717, 1.165) is 18.5 Å². The molecule has 3 rings (SSSR count). The lowest BCUT2D eigenvalue weighted by molar-refractivity contribution is 0.129. The van der Waals surface area contributed by atoms with E-state index in [9.17, 15) is 0 Å². The van der Waals surface area contributed by atoms with Crippen LogP contribution in [0.15, 0.2) is 30.3 Å². The van der Waals surface area contributed by atoms with E-state index in [-0.39, 0.29) is 0 Å². The first-order valence-electron chi connectivity index (χ1n) is 7.83. The van der Waals surface area contributed by atoms with Crippen molar-refractivity contribution in [1.82, 2.24) is 10.2 Å². The number of rotatable bonds is 5. The molecule has 1 aliphatic heterocycles. The lowest BCUT2D eigenvalue weighted by Gasteiger charge is -2.38. The molecule has 2 nitrogen and oxygen atoms in total. The van der Waals surface area contributed by atoms with Gasteiger partial charge in [-0.3, -0.25) is 4.90 Å². The number of nitrogens with zero attached hydrogens (tertiary/aromatic N) is 1. The quantitative estimate of drug-likeness (QED) is 0.872. The van der Waals surface area contributed by atoms with Crippen LogP contribution in [0.2, 0.25) is 0 Å². The molecule has 2 bridgehead atoms. The highest BCUT2D eigenvalue weighted by atomic mass is 15.2. The summed E-state index contributed by atoms with van der Waals surface area (Å²) in [4.78, 5) is 2.76. The summed E-state index contributed by atoms with van der Waals surface area (Å²) in [6.07, 6.45) is 4.33. The molecule has 2 fully saturated rings. The summed E-state index contributed by atoms with van der Waals surface area (Å²) in [6.45, 7) is 6.96. The molecule has 0 amide bonds. The van der Waals surface area contributed by atoms with Crippen LogP contribution in [0, 0.1) is 5.92 Å². The van der Waals surface area contributed by atoms with Crippen molar-refractivity contribution in [3.63, 3.8) is 0 Å². The maximum absolute atomic E-state index is 3.69. The minimum atomic E-state index is 0.463. The lowest BCUT2D eigenvalue weighted by Crippen LogP contribution is -2.46. The smallest absolute Gasteiger partial charge is 0.0475 e. The van der Waals surface area contributed by atoms with Crippen LogP contribution in [-0.2, 0) is 0 Å². The van der Waals surface area contributed by atoms with Gasteiger partial charge < -0.3 is 5.32 Å². The summed E-state index contributed by atoms with van der Waals surface area (Å²) < 4.78 is 0. The number of likely N-dealkylation sites (N-methyl/N-ethyl adjacent to an activating group) is 1. The number of likely N-dealkylation sites (tertiary alicyclic amines) is 1. The van der Waals surface area contributed by atoms with Crippen molar-refractivity contribution in [2.24, 2.45) is 5.92 Å². The largest absolute Gasteiger partial charge is 0.309 e. The van der Waals surface area contributed by atoms with Crippen LogP contribution in [-0.4, -0.2) is 30.1 Å². The first-order valence-corrected chi connectivity index (χ1v) is 7.83. The summed E-state index contributed by atoms with van der Waals surface area (Å²) in [5.74, 6) is 0.977. The second kappa shape index (κ2) is 5.64. The normalized spacial score (nSPS) is 29.6. The van der Waals surface area contributed by atoms with Crippen LogP contribution in [0.3, 0.4) is 0 Å². The summed E-state index contributed by atoms with van der Waals surface area (Å²) in [7, 11) is 0. The molecule has 0 spiro atoms. The minimum Gasteiger partial charge on any atom is -0.309 e. The topological polar surface area (TPSA) is 15.3 Å². The number of fused-ring (bicyclic) bond motifs is 2. The molecule has 0 aromatic heterocycles. The third kappa shape index (κ3) is 2.56. The number of hydrogen-bond donors (Lipinski definition) is 1. The van der Waals surface area contributed by atoms with Gasteiger partial charge >= 0.3 is 0 Å². The van der Waals surface area contributed by atoms with Gasteiger partial charge in [-0.05, 0) is 44.2 Å². The van der Waals surface area contributed by atoms with Gasteiger partial charge in [0.05, 0.1) is 0 Å². The Labute approximate surface area is 117 Å². The van der Waals surface area contributed by atoms with E-state index >= 15 is 0 Å². The second-order valence-electron chi connectivity index (χ2n) is 6.22. The molecule has 1 aliphatic carbocycles. The predicted molar refractivity (Wildman–Crippen MR) is 80.2 cm³/mol. The van der Waals surface area contributed by atoms with Gasteiger partial charge in [0.25, 0.3) is 0 Å². The van der Waals surface area contributed by atoms with Crippen LogP contribution in [0.5, 0.6) is 0 Å². The molecule has 1 heterocycles. The second-order valence-corrected chi connectivity index (χ2v) is 6.22. The standard InChI is InChI=1S/C17H26N2/c1-3-18-17(15-7-5-4-6-8-15)13(2)19-12-14-9-10-16(19)11-14/h4-8,13-14,16-18H,3,9-12H2,1-2H3. The van der Waals surface area contributed by atoms with Crippen molar-refractivity contribution >= 4 is 0 Å². The Morgan fingerprint density at radius 2 is 2.05 bits per heavy atom. The average molecular weight is 258 g/mol. The van der Waals surface area contributed by atoms with E-state index in [0.29, 0.717) is 12.1 Å². The monoisotopic (exact) mass is 258 g/mol. The van der Waals surface area contributed by atoms with Crippen molar-refractivity contribution in [3.8, 4) is 0 Å². The van der Waals surface area contributed by atoms with Gasteiger partial charge in [0.2, 0.25) is 0 Å². The average Bonchev–Trinajstić information content (AvgIpc) is 3.07. The van der Waals surface area contributed by atoms with E-state index in [4.69, 9.17) is 0 Å². The number of benzene rings is 1. The Bertz CT molecular complexity index is 403. The van der Waals surface area contributed by atoms with Crippen LogP contribution in [0.25, 0.3) is 0 Å². The molecule has 1 N–H and O–H groups in total. The Balaban J connectivity index is 1.76. The third-order valence-corrected chi connectivity index (χ3v) is 5.04. The van der Waals surface area contributed by atoms with Gasteiger partial charge in [0.1, 0.15) is 0 Å². The van der Waals surface area contributed by atoms with Crippen LogP contribution in [0.4, 0.5) is 0 Å². The minimum absolute atomic E-state index is 0.463. The fourth-order valence-electron chi connectivity index (χ4n) is 4.10. The van der Waals surface area contributed by atoms with Crippen molar-refractivity contribution in [2.45, 2.75) is 51.2 Å². The molecular formula is C17H26N2. The van der Waals surface area contributed by atoms with E-state index in [1.807, 2.05) is 0 Å². The molecule has 2 aliphatic rings. The summed E-state index contributed by atoms with van der Waals surface area (Å²) in [6, 6.07) is 12.9. The van der Waals surface area contributed by atoms with Gasteiger partial charge in [-0.25, -0.2) is 0 Å². The zero-order chi connectivity index (χ0) is 13.2. The summed E-state index contributed by atoms with van der Waals surface area (Å²) >= 11 is 0. The molecule has 1 saturated carbocycles. The fourth-order valence-corrected chi connectivity index (χ4v) is 4.10. The Morgan fingerprint density at radius 1 is 1.26 bits per heavy atom. The molecular weight excluding hydrogens is 232 g/mol. The highest BCUT2D eigenvalue weighted by Gasteiger charge is 2.41. The molecule has 0 radical (unpaired) electrons. The Hall–Kier alpha value is -0.860. The highest BCUT2D eigenvalue weighted by Crippen LogP contribution is 2.40. The zero-order valence-corrected chi connectivity index (χ0v) is 12.2. The van der Waals surface area contributed by atoms with Gasteiger partial charge in [0.15, 0.2) is 0 Å². The first kappa shape index (κ1) is 13.1. The number of piperidine rings is 1. The van der Waals surface area contributed by atoms with Crippen molar-refractivity contribution in [2.75, 3.05) is 13.1 Å². The lowest BCUT2D eigenvalue weighted by atomic mass is 9.97. The summed E-state index contributed by atoms with van der Waals surface area (Å²) in [5.41, 5.74) is 1.43. The Kier molecular flexibility index (Phi) is 3.90. The van der Waals surface area contributed by atoms with Crippen molar-refractivity contribution in [1.29, 1.82) is 0 Å². The first-order chi connectivity index (χ1) is 9.29. The molecule has 1 aromatic carbocycles. The van der Waals surface area contributed by atoms with Crippen molar-refractivity contribution < 1.29 is 0 Å². The maximum Gasteiger partial charge on any atom is 0.0475 e. The van der Waals surface area contributed by atoms with E-state index in [1.165, 1.54) is 31.4 Å².